The summed E-state index contributed by atoms with van der Waals surface area (Å²) in [6.45, 7) is 0. The van der Waals surface area contributed by atoms with Crippen molar-refractivity contribution in [2.45, 2.75) is 0 Å². The van der Waals surface area contributed by atoms with Crippen molar-refractivity contribution in [2.24, 2.45) is 0 Å². The average molecular weight is 232 g/mol. The second kappa shape index (κ2) is 3.50. The monoisotopic (exact) mass is 232 g/mol. The molecule has 0 aliphatic carbocycles. The number of nitrogens with one attached hydrogen (secondary N) is 2. The molecule has 0 atom stereocenters. The quantitative estimate of drug-likeness (QED) is 0.490. The second-order valence-electron chi connectivity index (χ2n) is 4.53. The number of aromatic nitrogens is 2. The van der Waals surface area contributed by atoms with E-state index in [1.54, 1.807) is 0 Å². The van der Waals surface area contributed by atoms with Gasteiger partial charge in [0.1, 0.15) is 0 Å². The van der Waals surface area contributed by atoms with Crippen molar-refractivity contribution in [1.82, 2.24) is 9.97 Å². The molecule has 2 nitrogen and oxygen atoms in total. The summed E-state index contributed by atoms with van der Waals surface area (Å²) < 4.78 is 0. The Labute approximate surface area is 104 Å². The highest BCUT2D eigenvalue weighted by atomic mass is 14.7. The van der Waals surface area contributed by atoms with Crippen molar-refractivity contribution < 1.29 is 0 Å². The standard InChI is InChI=1S/C16H12N2/c1-2-4-16-13(3-1)14(10-18-16)11-5-6-15-12(9-11)7-8-17-15/h1-10,17-18H. The van der Waals surface area contributed by atoms with Crippen LogP contribution in [0, 0.1) is 0 Å². The van der Waals surface area contributed by atoms with Crippen molar-refractivity contribution in [3.63, 3.8) is 0 Å². The highest BCUT2D eigenvalue weighted by Gasteiger charge is 2.06. The van der Waals surface area contributed by atoms with Crippen LogP contribution in [0.3, 0.4) is 0 Å². The van der Waals surface area contributed by atoms with Gasteiger partial charge in [-0.15, -0.1) is 0 Å². The number of rotatable bonds is 1. The summed E-state index contributed by atoms with van der Waals surface area (Å²) in [7, 11) is 0. The zero-order valence-corrected chi connectivity index (χ0v) is 9.77. The van der Waals surface area contributed by atoms with E-state index >= 15 is 0 Å². The number of benzene rings is 2. The van der Waals surface area contributed by atoms with Crippen LogP contribution in [0.2, 0.25) is 0 Å². The SMILES string of the molecule is c1ccc2c(-c3ccc4[nH]ccc4c3)c[nH]c2c1. The van der Waals surface area contributed by atoms with Gasteiger partial charge in [0, 0.05) is 34.4 Å². The molecule has 0 aliphatic heterocycles. The van der Waals surface area contributed by atoms with E-state index in [0.717, 1.165) is 0 Å². The van der Waals surface area contributed by atoms with Crippen LogP contribution in [0.15, 0.2) is 60.9 Å². The lowest BCUT2D eigenvalue weighted by atomic mass is 10.0. The van der Waals surface area contributed by atoms with Gasteiger partial charge in [0.2, 0.25) is 0 Å². The molecule has 0 bridgehead atoms. The molecule has 0 amide bonds. The van der Waals surface area contributed by atoms with E-state index in [4.69, 9.17) is 0 Å². The fraction of sp³-hybridized carbons (Fsp3) is 0. The van der Waals surface area contributed by atoms with Gasteiger partial charge in [0.05, 0.1) is 0 Å². The average Bonchev–Trinajstić information content (AvgIpc) is 3.04. The minimum atomic E-state index is 1.18. The van der Waals surface area contributed by atoms with Gasteiger partial charge in [-0.05, 0) is 35.2 Å². The van der Waals surface area contributed by atoms with E-state index < -0.39 is 0 Å². The van der Waals surface area contributed by atoms with E-state index in [1.165, 1.54) is 32.9 Å². The van der Waals surface area contributed by atoms with E-state index in [9.17, 15) is 0 Å². The lowest BCUT2D eigenvalue weighted by Crippen LogP contribution is -1.75. The molecule has 4 rings (SSSR count). The van der Waals surface area contributed by atoms with Crippen LogP contribution in [0.4, 0.5) is 0 Å². The maximum atomic E-state index is 3.32. The van der Waals surface area contributed by atoms with Gasteiger partial charge in [-0.25, -0.2) is 0 Å². The van der Waals surface area contributed by atoms with Gasteiger partial charge in [-0.2, -0.15) is 0 Å². The van der Waals surface area contributed by atoms with Crippen molar-refractivity contribution in [2.75, 3.05) is 0 Å². The number of hydrogen-bond acceptors (Lipinski definition) is 0. The van der Waals surface area contributed by atoms with Crippen molar-refractivity contribution in [1.29, 1.82) is 0 Å². The van der Waals surface area contributed by atoms with Crippen molar-refractivity contribution in [3.8, 4) is 11.1 Å². The maximum Gasteiger partial charge on any atom is 0.0460 e. The summed E-state index contributed by atoms with van der Waals surface area (Å²) >= 11 is 0. The molecule has 0 saturated heterocycles. The second-order valence-corrected chi connectivity index (χ2v) is 4.53. The zero-order valence-electron chi connectivity index (χ0n) is 9.77. The molecule has 0 unspecified atom stereocenters. The summed E-state index contributed by atoms with van der Waals surface area (Å²) in [6.07, 6.45) is 4.06. The first kappa shape index (κ1) is 9.54. The minimum Gasteiger partial charge on any atom is -0.361 e. The molecular weight excluding hydrogens is 220 g/mol. The van der Waals surface area contributed by atoms with Gasteiger partial charge in [-0.3, -0.25) is 0 Å². The maximum absolute atomic E-state index is 3.32. The third-order valence-corrected chi connectivity index (χ3v) is 3.45. The van der Waals surface area contributed by atoms with Gasteiger partial charge >= 0.3 is 0 Å². The zero-order chi connectivity index (χ0) is 11.9. The molecule has 86 valence electrons. The molecule has 2 N–H and O–H groups in total. The first-order chi connectivity index (χ1) is 8.92. The molecule has 2 heteroatoms. The summed E-state index contributed by atoms with van der Waals surface area (Å²) in [6, 6.07) is 17.0. The van der Waals surface area contributed by atoms with Crippen LogP contribution >= 0.6 is 0 Å². The van der Waals surface area contributed by atoms with Crippen LogP contribution in [0.5, 0.6) is 0 Å². The minimum absolute atomic E-state index is 1.18. The van der Waals surface area contributed by atoms with Gasteiger partial charge in [-0.1, -0.05) is 24.3 Å². The van der Waals surface area contributed by atoms with Crippen LogP contribution in [-0.4, -0.2) is 9.97 Å². The Kier molecular flexibility index (Phi) is 1.86. The van der Waals surface area contributed by atoms with E-state index in [-0.39, 0.29) is 0 Å². The van der Waals surface area contributed by atoms with Crippen LogP contribution < -0.4 is 0 Å². The molecule has 4 aromatic rings. The summed E-state index contributed by atoms with van der Waals surface area (Å²) in [5.41, 5.74) is 4.87. The molecule has 2 aromatic carbocycles. The molecule has 0 fully saturated rings. The van der Waals surface area contributed by atoms with E-state index in [1.807, 2.05) is 6.20 Å². The van der Waals surface area contributed by atoms with Gasteiger partial charge in [0.15, 0.2) is 0 Å². The highest BCUT2D eigenvalue weighted by molar-refractivity contribution is 5.97. The Balaban J connectivity index is 2.00. The molecule has 0 spiro atoms. The molecule has 0 radical (unpaired) electrons. The van der Waals surface area contributed by atoms with Gasteiger partial charge < -0.3 is 9.97 Å². The molecule has 2 aromatic heterocycles. The number of fused-ring (bicyclic) bond motifs is 2. The van der Waals surface area contributed by atoms with Gasteiger partial charge in [0.25, 0.3) is 0 Å². The highest BCUT2D eigenvalue weighted by Crippen LogP contribution is 2.30. The third-order valence-electron chi connectivity index (χ3n) is 3.45. The summed E-state index contributed by atoms with van der Waals surface area (Å²) in [5, 5.41) is 2.52. The van der Waals surface area contributed by atoms with Crippen LogP contribution in [-0.2, 0) is 0 Å². The summed E-state index contributed by atoms with van der Waals surface area (Å²) in [4.78, 5) is 6.54. The topological polar surface area (TPSA) is 31.6 Å². The Morgan fingerprint density at radius 1 is 0.778 bits per heavy atom. The fourth-order valence-electron chi connectivity index (χ4n) is 2.53. The number of aromatic amines is 2. The Hall–Kier alpha value is -2.48. The van der Waals surface area contributed by atoms with Crippen molar-refractivity contribution >= 4 is 21.8 Å². The molecule has 0 saturated carbocycles. The number of hydrogen-bond donors (Lipinski definition) is 2. The molecule has 0 aliphatic rings. The third kappa shape index (κ3) is 1.29. The Bertz CT molecular complexity index is 836. The lowest BCUT2D eigenvalue weighted by molar-refractivity contribution is 1.47. The first-order valence-electron chi connectivity index (χ1n) is 6.05. The van der Waals surface area contributed by atoms with Crippen LogP contribution in [0.25, 0.3) is 32.9 Å². The Morgan fingerprint density at radius 3 is 2.72 bits per heavy atom. The Morgan fingerprint density at radius 2 is 1.72 bits per heavy atom. The smallest absolute Gasteiger partial charge is 0.0460 e. The molecule has 2 heterocycles. The predicted molar refractivity (Wildman–Crippen MR) is 75.6 cm³/mol. The normalized spacial score (nSPS) is 11.3. The molecule has 18 heavy (non-hydrogen) atoms. The largest absolute Gasteiger partial charge is 0.361 e. The lowest BCUT2D eigenvalue weighted by Gasteiger charge is -2.00. The van der Waals surface area contributed by atoms with Crippen molar-refractivity contribution in [3.05, 3.63) is 60.9 Å². The van der Waals surface area contributed by atoms with Crippen LogP contribution in [0.1, 0.15) is 0 Å². The van der Waals surface area contributed by atoms with E-state index in [2.05, 4.69) is 64.7 Å². The number of para-hydroxylation sites is 1. The van der Waals surface area contributed by atoms with E-state index in [0.29, 0.717) is 0 Å². The number of H-pyrrole nitrogens is 2. The molecular formula is C16H12N2. The fourth-order valence-corrected chi connectivity index (χ4v) is 2.53. The predicted octanol–water partition coefficient (Wildman–Crippen LogP) is 4.32. The summed E-state index contributed by atoms with van der Waals surface area (Å²) in [5.74, 6) is 0. The first-order valence-corrected chi connectivity index (χ1v) is 6.05.